The van der Waals surface area contributed by atoms with Crippen molar-refractivity contribution in [3.63, 3.8) is 0 Å². The lowest BCUT2D eigenvalue weighted by Gasteiger charge is -2.11. The van der Waals surface area contributed by atoms with E-state index < -0.39 is 0 Å². The summed E-state index contributed by atoms with van der Waals surface area (Å²) < 4.78 is 10.7. The molecule has 0 aliphatic rings. The lowest BCUT2D eigenvalue weighted by Crippen LogP contribution is -2.11. The number of aldehydes is 1. The van der Waals surface area contributed by atoms with E-state index in [-0.39, 0.29) is 6.10 Å². The molecule has 0 radical (unpaired) electrons. The second-order valence-electron chi connectivity index (χ2n) is 3.54. The normalized spacial score (nSPS) is 10.5. The van der Waals surface area contributed by atoms with Gasteiger partial charge in [0.1, 0.15) is 12.4 Å². The lowest BCUT2D eigenvalue weighted by atomic mass is 10.2. The number of halogens is 1. The van der Waals surface area contributed by atoms with Gasteiger partial charge in [-0.3, -0.25) is 4.79 Å². The van der Waals surface area contributed by atoms with Crippen molar-refractivity contribution in [2.75, 3.05) is 13.2 Å². The zero-order chi connectivity index (χ0) is 12.0. The van der Waals surface area contributed by atoms with Crippen molar-refractivity contribution in [2.45, 2.75) is 20.0 Å². The number of rotatable bonds is 6. The van der Waals surface area contributed by atoms with Crippen molar-refractivity contribution < 1.29 is 14.3 Å². The van der Waals surface area contributed by atoms with Gasteiger partial charge in [-0.05, 0) is 26.0 Å². The number of carbonyl (C=O) groups is 1. The smallest absolute Gasteiger partial charge is 0.155 e. The largest absolute Gasteiger partial charge is 0.490 e. The van der Waals surface area contributed by atoms with E-state index in [4.69, 9.17) is 21.1 Å². The van der Waals surface area contributed by atoms with E-state index in [0.29, 0.717) is 35.8 Å². The molecule has 1 rings (SSSR count). The lowest BCUT2D eigenvalue weighted by molar-refractivity contribution is 0.0550. The molecule has 1 aromatic rings. The van der Waals surface area contributed by atoms with Crippen molar-refractivity contribution in [2.24, 2.45) is 0 Å². The number of benzene rings is 1. The van der Waals surface area contributed by atoms with Crippen molar-refractivity contribution in [1.82, 2.24) is 0 Å². The molecular formula is C12H15ClO3. The average molecular weight is 243 g/mol. The molecule has 0 unspecified atom stereocenters. The SMILES string of the molecule is CC(C)OCCOc1cccc(Cl)c1C=O. The van der Waals surface area contributed by atoms with Crippen LogP contribution in [0.2, 0.25) is 5.02 Å². The van der Waals surface area contributed by atoms with E-state index >= 15 is 0 Å². The first-order valence-electron chi connectivity index (χ1n) is 5.13. The standard InChI is InChI=1S/C12H15ClO3/c1-9(2)15-6-7-16-12-5-3-4-11(13)10(12)8-14/h3-5,8-9H,6-7H2,1-2H3. The van der Waals surface area contributed by atoms with E-state index in [1.54, 1.807) is 18.2 Å². The number of hydrogen-bond acceptors (Lipinski definition) is 3. The summed E-state index contributed by atoms with van der Waals surface area (Å²) in [7, 11) is 0. The Balaban J connectivity index is 2.53. The molecular weight excluding hydrogens is 228 g/mol. The fraction of sp³-hybridized carbons (Fsp3) is 0.417. The van der Waals surface area contributed by atoms with Gasteiger partial charge in [-0.15, -0.1) is 0 Å². The summed E-state index contributed by atoms with van der Waals surface area (Å²) in [5, 5.41) is 0.400. The van der Waals surface area contributed by atoms with E-state index in [1.165, 1.54) is 0 Å². The molecule has 0 atom stereocenters. The van der Waals surface area contributed by atoms with Crippen molar-refractivity contribution in [3.05, 3.63) is 28.8 Å². The van der Waals surface area contributed by atoms with Crippen LogP contribution in [-0.4, -0.2) is 25.6 Å². The highest BCUT2D eigenvalue weighted by Crippen LogP contribution is 2.24. The van der Waals surface area contributed by atoms with Crippen LogP contribution >= 0.6 is 11.6 Å². The van der Waals surface area contributed by atoms with Crippen molar-refractivity contribution >= 4 is 17.9 Å². The maximum Gasteiger partial charge on any atom is 0.155 e. The number of hydrogen-bond donors (Lipinski definition) is 0. The fourth-order valence-electron chi connectivity index (χ4n) is 1.19. The minimum Gasteiger partial charge on any atom is -0.490 e. The van der Waals surface area contributed by atoms with Gasteiger partial charge in [0.2, 0.25) is 0 Å². The van der Waals surface area contributed by atoms with Gasteiger partial charge in [0, 0.05) is 0 Å². The summed E-state index contributed by atoms with van der Waals surface area (Å²) in [5.41, 5.74) is 0.383. The molecule has 0 aliphatic heterocycles. The predicted molar refractivity (Wildman–Crippen MR) is 63.4 cm³/mol. The minimum atomic E-state index is 0.175. The van der Waals surface area contributed by atoms with Crippen LogP contribution in [0.25, 0.3) is 0 Å². The Kier molecular flexibility index (Phi) is 5.29. The van der Waals surface area contributed by atoms with Crippen LogP contribution < -0.4 is 4.74 Å². The highest BCUT2D eigenvalue weighted by Gasteiger charge is 2.06. The molecule has 0 heterocycles. The maximum absolute atomic E-state index is 10.8. The molecule has 3 nitrogen and oxygen atoms in total. The zero-order valence-corrected chi connectivity index (χ0v) is 10.2. The molecule has 88 valence electrons. The second kappa shape index (κ2) is 6.51. The third-order valence-electron chi connectivity index (χ3n) is 1.92. The number of ether oxygens (including phenoxy) is 2. The van der Waals surface area contributed by atoms with Crippen LogP contribution in [0.4, 0.5) is 0 Å². The summed E-state index contributed by atoms with van der Waals surface area (Å²) in [4.78, 5) is 10.8. The monoisotopic (exact) mass is 242 g/mol. The topological polar surface area (TPSA) is 35.5 Å². The first-order valence-corrected chi connectivity index (χ1v) is 5.51. The third kappa shape index (κ3) is 3.83. The van der Waals surface area contributed by atoms with Crippen LogP contribution in [0, 0.1) is 0 Å². The summed E-state index contributed by atoms with van der Waals surface area (Å²) >= 11 is 5.85. The Morgan fingerprint density at radius 1 is 1.38 bits per heavy atom. The molecule has 4 heteroatoms. The highest BCUT2D eigenvalue weighted by molar-refractivity contribution is 6.33. The second-order valence-corrected chi connectivity index (χ2v) is 3.94. The van der Waals surface area contributed by atoms with Gasteiger partial charge < -0.3 is 9.47 Å². The summed E-state index contributed by atoms with van der Waals surface area (Å²) in [6.45, 7) is 4.80. The van der Waals surface area contributed by atoms with E-state index in [0.717, 1.165) is 0 Å². The van der Waals surface area contributed by atoms with Gasteiger partial charge in [0.15, 0.2) is 6.29 Å². The van der Waals surface area contributed by atoms with Crippen LogP contribution in [0.5, 0.6) is 5.75 Å². The van der Waals surface area contributed by atoms with Gasteiger partial charge in [-0.2, -0.15) is 0 Å². The molecule has 0 bridgehead atoms. The van der Waals surface area contributed by atoms with Gasteiger partial charge in [0.05, 0.1) is 23.3 Å². The molecule has 1 aromatic carbocycles. The quantitative estimate of drug-likeness (QED) is 0.568. The summed E-state index contributed by atoms with van der Waals surface area (Å²) in [5.74, 6) is 0.495. The third-order valence-corrected chi connectivity index (χ3v) is 2.25. The zero-order valence-electron chi connectivity index (χ0n) is 9.40. The molecule has 16 heavy (non-hydrogen) atoms. The summed E-state index contributed by atoms with van der Waals surface area (Å²) in [6, 6.07) is 5.11. The minimum absolute atomic E-state index is 0.175. The molecule has 0 aliphatic carbocycles. The molecule has 0 saturated heterocycles. The maximum atomic E-state index is 10.8. The van der Waals surface area contributed by atoms with Crippen molar-refractivity contribution in [3.8, 4) is 5.75 Å². The van der Waals surface area contributed by atoms with Crippen molar-refractivity contribution in [1.29, 1.82) is 0 Å². The highest BCUT2D eigenvalue weighted by atomic mass is 35.5. The Morgan fingerprint density at radius 3 is 2.75 bits per heavy atom. The first-order chi connectivity index (χ1) is 7.65. The van der Waals surface area contributed by atoms with Gasteiger partial charge in [-0.25, -0.2) is 0 Å². The Morgan fingerprint density at radius 2 is 2.12 bits per heavy atom. The van der Waals surface area contributed by atoms with E-state index in [2.05, 4.69) is 0 Å². The summed E-state index contributed by atoms with van der Waals surface area (Å²) in [6.07, 6.45) is 0.870. The molecule has 0 N–H and O–H groups in total. The van der Waals surface area contributed by atoms with Crippen LogP contribution in [-0.2, 0) is 4.74 Å². The molecule has 0 fully saturated rings. The van der Waals surface area contributed by atoms with E-state index in [9.17, 15) is 4.79 Å². The Hall–Kier alpha value is -1.06. The van der Waals surface area contributed by atoms with Crippen LogP contribution in [0.1, 0.15) is 24.2 Å². The predicted octanol–water partition coefficient (Wildman–Crippen LogP) is 2.96. The fourth-order valence-corrected chi connectivity index (χ4v) is 1.40. The molecule has 0 spiro atoms. The molecule has 0 aromatic heterocycles. The average Bonchev–Trinajstić information content (AvgIpc) is 2.24. The van der Waals surface area contributed by atoms with Gasteiger partial charge in [-0.1, -0.05) is 17.7 Å². The van der Waals surface area contributed by atoms with Gasteiger partial charge in [0.25, 0.3) is 0 Å². The van der Waals surface area contributed by atoms with Crippen LogP contribution in [0.15, 0.2) is 18.2 Å². The first kappa shape index (κ1) is 13.0. The Bertz CT molecular complexity index is 350. The molecule has 0 saturated carbocycles. The van der Waals surface area contributed by atoms with Gasteiger partial charge >= 0.3 is 0 Å². The van der Waals surface area contributed by atoms with Crippen LogP contribution in [0.3, 0.4) is 0 Å². The molecule has 0 amide bonds. The Labute approximate surface area is 100 Å². The van der Waals surface area contributed by atoms with E-state index in [1.807, 2.05) is 13.8 Å². The number of carbonyl (C=O) groups excluding carboxylic acids is 1.